The van der Waals surface area contributed by atoms with Crippen LogP contribution in [-0.2, 0) is 0 Å². The average Bonchev–Trinajstić information content (AvgIpc) is 2.15. The Morgan fingerprint density at radius 1 is 1.78 bits per heavy atom. The van der Waals surface area contributed by atoms with Crippen molar-refractivity contribution in [2.75, 3.05) is 0 Å². The lowest BCUT2D eigenvalue weighted by Gasteiger charge is -2.18. The van der Waals surface area contributed by atoms with Gasteiger partial charge in [-0.1, -0.05) is 13.3 Å². The predicted octanol–water partition coefficient (Wildman–Crippen LogP) is 1.03. The fourth-order valence-electron chi connectivity index (χ4n) is 1.37. The maximum atomic E-state index is 8.62. The van der Waals surface area contributed by atoms with Gasteiger partial charge in [0.1, 0.15) is 5.54 Å². The molecule has 0 saturated heterocycles. The van der Waals surface area contributed by atoms with E-state index in [-0.39, 0.29) is 0 Å². The van der Waals surface area contributed by atoms with E-state index < -0.39 is 5.54 Å². The summed E-state index contributed by atoms with van der Waals surface area (Å²) in [6, 6.07) is 2.17. The van der Waals surface area contributed by atoms with Crippen LogP contribution < -0.4 is 5.73 Å². The minimum atomic E-state index is -0.500. The molecule has 1 aliphatic carbocycles. The lowest BCUT2D eigenvalue weighted by Crippen LogP contribution is -2.40. The number of hydrogen-bond donors (Lipinski definition) is 1. The largest absolute Gasteiger partial charge is 0.313 e. The molecule has 0 aliphatic heterocycles. The van der Waals surface area contributed by atoms with Crippen molar-refractivity contribution in [1.82, 2.24) is 0 Å². The fraction of sp³-hybridized carbons (Fsp3) is 0.857. The van der Waals surface area contributed by atoms with Gasteiger partial charge in [0.15, 0.2) is 0 Å². The second-order valence-corrected chi connectivity index (χ2v) is 2.95. The molecule has 1 aliphatic rings. The van der Waals surface area contributed by atoms with Gasteiger partial charge in [0.25, 0.3) is 0 Å². The van der Waals surface area contributed by atoms with Crippen molar-refractivity contribution >= 4 is 0 Å². The normalized spacial score (nSPS) is 42.6. The molecule has 2 unspecified atom stereocenters. The summed E-state index contributed by atoms with van der Waals surface area (Å²) in [5, 5.41) is 8.62. The molecule has 2 atom stereocenters. The average molecular weight is 124 g/mol. The van der Waals surface area contributed by atoms with E-state index in [1.807, 2.05) is 0 Å². The van der Waals surface area contributed by atoms with Crippen LogP contribution in [0, 0.1) is 17.2 Å². The molecule has 0 radical (unpaired) electrons. The standard InChI is InChI=1S/C7H12N2/c1-6-3-2-4-7(6,9)5-8/h6H,2-4,9H2,1H3. The van der Waals surface area contributed by atoms with Crippen molar-refractivity contribution in [3.05, 3.63) is 0 Å². The third kappa shape index (κ3) is 0.927. The molecule has 0 aromatic heterocycles. The van der Waals surface area contributed by atoms with E-state index in [1.54, 1.807) is 0 Å². The summed E-state index contributed by atoms with van der Waals surface area (Å²) in [7, 11) is 0. The Morgan fingerprint density at radius 3 is 2.67 bits per heavy atom. The Labute approximate surface area is 55.7 Å². The van der Waals surface area contributed by atoms with Crippen molar-refractivity contribution in [2.24, 2.45) is 11.7 Å². The molecule has 1 fully saturated rings. The van der Waals surface area contributed by atoms with Gasteiger partial charge in [0, 0.05) is 0 Å². The molecule has 50 valence electrons. The number of nitrogens with zero attached hydrogens (tertiary/aromatic N) is 1. The van der Waals surface area contributed by atoms with Gasteiger partial charge in [-0.3, -0.25) is 0 Å². The van der Waals surface area contributed by atoms with E-state index in [0.717, 1.165) is 19.3 Å². The molecule has 1 saturated carbocycles. The Morgan fingerprint density at radius 2 is 2.44 bits per heavy atom. The maximum Gasteiger partial charge on any atom is 0.106 e. The highest BCUT2D eigenvalue weighted by molar-refractivity contribution is 5.10. The molecule has 0 amide bonds. The first kappa shape index (κ1) is 6.57. The van der Waals surface area contributed by atoms with E-state index >= 15 is 0 Å². The molecule has 9 heavy (non-hydrogen) atoms. The molecule has 2 nitrogen and oxygen atoms in total. The van der Waals surface area contributed by atoms with Crippen molar-refractivity contribution in [3.8, 4) is 6.07 Å². The molecule has 2 heteroatoms. The Bertz CT molecular complexity index is 147. The molecule has 0 aromatic carbocycles. The van der Waals surface area contributed by atoms with Crippen LogP contribution in [0.2, 0.25) is 0 Å². The summed E-state index contributed by atoms with van der Waals surface area (Å²) in [6.45, 7) is 2.05. The van der Waals surface area contributed by atoms with Crippen LogP contribution in [0.3, 0.4) is 0 Å². The van der Waals surface area contributed by atoms with Crippen molar-refractivity contribution in [2.45, 2.75) is 31.7 Å². The summed E-state index contributed by atoms with van der Waals surface area (Å²) in [5.41, 5.74) is 5.24. The lowest BCUT2D eigenvalue weighted by atomic mass is 9.92. The smallest absolute Gasteiger partial charge is 0.106 e. The minimum absolute atomic E-state index is 0.391. The zero-order chi connectivity index (χ0) is 6.91. The van der Waals surface area contributed by atoms with Crippen LogP contribution in [0.1, 0.15) is 26.2 Å². The Hall–Kier alpha value is -0.550. The Balaban J connectivity index is 2.70. The lowest BCUT2D eigenvalue weighted by molar-refractivity contribution is 0.430. The van der Waals surface area contributed by atoms with Gasteiger partial charge in [-0.15, -0.1) is 0 Å². The zero-order valence-electron chi connectivity index (χ0n) is 5.72. The topological polar surface area (TPSA) is 49.8 Å². The molecular weight excluding hydrogens is 112 g/mol. The van der Waals surface area contributed by atoms with E-state index in [4.69, 9.17) is 11.0 Å². The molecule has 0 aromatic rings. The second-order valence-electron chi connectivity index (χ2n) is 2.95. The molecule has 0 heterocycles. The van der Waals surface area contributed by atoms with Crippen molar-refractivity contribution in [3.63, 3.8) is 0 Å². The van der Waals surface area contributed by atoms with E-state index in [0.29, 0.717) is 5.92 Å². The van der Waals surface area contributed by atoms with Crippen LogP contribution >= 0.6 is 0 Å². The van der Waals surface area contributed by atoms with E-state index in [9.17, 15) is 0 Å². The highest BCUT2D eigenvalue weighted by Gasteiger charge is 2.36. The van der Waals surface area contributed by atoms with E-state index in [1.165, 1.54) is 0 Å². The van der Waals surface area contributed by atoms with Crippen LogP contribution in [0.5, 0.6) is 0 Å². The third-order valence-corrected chi connectivity index (χ3v) is 2.32. The molecule has 0 bridgehead atoms. The van der Waals surface area contributed by atoms with Crippen LogP contribution in [0.4, 0.5) is 0 Å². The van der Waals surface area contributed by atoms with Gasteiger partial charge in [-0.05, 0) is 18.8 Å². The van der Waals surface area contributed by atoms with Gasteiger partial charge in [0.2, 0.25) is 0 Å². The SMILES string of the molecule is CC1CCCC1(N)C#N. The van der Waals surface area contributed by atoms with Crippen molar-refractivity contribution in [1.29, 1.82) is 5.26 Å². The third-order valence-electron chi connectivity index (χ3n) is 2.32. The first-order valence-corrected chi connectivity index (χ1v) is 3.39. The number of rotatable bonds is 0. The minimum Gasteiger partial charge on any atom is -0.313 e. The summed E-state index contributed by atoms with van der Waals surface area (Å²) in [5.74, 6) is 0.391. The molecule has 2 N–H and O–H groups in total. The summed E-state index contributed by atoms with van der Waals surface area (Å²) >= 11 is 0. The number of hydrogen-bond acceptors (Lipinski definition) is 2. The zero-order valence-corrected chi connectivity index (χ0v) is 5.72. The highest BCUT2D eigenvalue weighted by Crippen LogP contribution is 2.32. The number of nitriles is 1. The van der Waals surface area contributed by atoms with Crippen LogP contribution in [0.25, 0.3) is 0 Å². The summed E-state index contributed by atoms with van der Waals surface area (Å²) in [4.78, 5) is 0. The first-order chi connectivity index (χ1) is 4.19. The summed E-state index contributed by atoms with van der Waals surface area (Å²) in [6.07, 6.45) is 3.11. The quantitative estimate of drug-likeness (QED) is 0.524. The van der Waals surface area contributed by atoms with Crippen LogP contribution in [0.15, 0.2) is 0 Å². The fourth-order valence-corrected chi connectivity index (χ4v) is 1.37. The molecule has 0 spiro atoms. The summed E-state index contributed by atoms with van der Waals surface area (Å²) < 4.78 is 0. The first-order valence-electron chi connectivity index (χ1n) is 3.39. The van der Waals surface area contributed by atoms with Gasteiger partial charge in [0.05, 0.1) is 6.07 Å². The molecule has 1 rings (SSSR count). The monoisotopic (exact) mass is 124 g/mol. The molecular formula is C7H12N2. The number of nitrogens with two attached hydrogens (primary N) is 1. The van der Waals surface area contributed by atoms with Crippen LogP contribution in [-0.4, -0.2) is 5.54 Å². The highest BCUT2D eigenvalue weighted by atomic mass is 14.8. The van der Waals surface area contributed by atoms with Gasteiger partial charge < -0.3 is 5.73 Å². The van der Waals surface area contributed by atoms with E-state index in [2.05, 4.69) is 13.0 Å². The van der Waals surface area contributed by atoms with Gasteiger partial charge >= 0.3 is 0 Å². The maximum absolute atomic E-state index is 8.62. The van der Waals surface area contributed by atoms with Gasteiger partial charge in [-0.25, -0.2) is 0 Å². The van der Waals surface area contributed by atoms with Gasteiger partial charge in [-0.2, -0.15) is 5.26 Å². The Kier molecular flexibility index (Phi) is 1.46. The predicted molar refractivity (Wildman–Crippen MR) is 35.5 cm³/mol. The second kappa shape index (κ2) is 2.00. The van der Waals surface area contributed by atoms with Crippen molar-refractivity contribution < 1.29 is 0 Å².